The van der Waals surface area contributed by atoms with E-state index in [4.69, 9.17) is 4.74 Å². The van der Waals surface area contributed by atoms with Gasteiger partial charge in [0, 0.05) is 5.56 Å². The molecule has 0 bridgehead atoms. The van der Waals surface area contributed by atoms with Gasteiger partial charge in [0.2, 0.25) is 5.13 Å². The number of rotatable bonds is 4. The third kappa shape index (κ3) is 2.87. The summed E-state index contributed by atoms with van der Waals surface area (Å²) < 4.78 is 6.15. The van der Waals surface area contributed by atoms with Crippen LogP contribution < -0.4 is 15.6 Å². The van der Waals surface area contributed by atoms with Crippen molar-refractivity contribution in [3.8, 4) is 5.75 Å². The summed E-state index contributed by atoms with van der Waals surface area (Å²) in [4.78, 5) is 16.5. The van der Waals surface area contributed by atoms with Gasteiger partial charge in [0.25, 0.3) is 5.91 Å². The molecule has 0 unspecified atom stereocenters. The zero-order valence-corrected chi connectivity index (χ0v) is 13.0. The molecule has 1 aromatic heterocycles. The number of carbonyl (C=O) groups excluding carboxylic acids is 1. The van der Waals surface area contributed by atoms with Crippen LogP contribution >= 0.6 is 11.3 Å². The Bertz CT molecular complexity index is 812. The fraction of sp³-hybridized carbons (Fsp3) is 0.125. The Balaban J connectivity index is 1.70. The smallest absolute Gasteiger partial charge is 0.269 e. The predicted molar refractivity (Wildman–Crippen MR) is 88.4 cm³/mol. The maximum atomic E-state index is 12.1. The van der Waals surface area contributed by atoms with Crippen LogP contribution in [-0.4, -0.2) is 18.0 Å². The van der Waals surface area contributed by atoms with Gasteiger partial charge in [-0.3, -0.25) is 15.6 Å². The fourth-order valence-electron chi connectivity index (χ4n) is 2.06. The van der Waals surface area contributed by atoms with E-state index in [0.717, 1.165) is 15.8 Å². The van der Waals surface area contributed by atoms with Gasteiger partial charge in [0.15, 0.2) is 0 Å². The zero-order chi connectivity index (χ0) is 15.5. The number of methoxy groups -OCH3 is 1. The van der Waals surface area contributed by atoms with Gasteiger partial charge in [-0.05, 0) is 42.8 Å². The third-order valence-corrected chi connectivity index (χ3v) is 4.19. The van der Waals surface area contributed by atoms with Crippen LogP contribution in [0.5, 0.6) is 5.75 Å². The first-order valence-electron chi connectivity index (χ1n) is 6.74. The van der Waals surface area contributed by atoms with Gasteiger partial charge in [-0.1, -0.05) is 23.5 Å². The van der Waals surface area contributed by atoms with Crippen molar-refractivity contribution >= 4 is 32.6 Å². The van der Waals surface area contributed by atoms with E-state index in [2.05, 4.69) is 15.8 Å². The number of benzene rings is 2. The van der Waals surface area contributed by atoms with Crippen molar-refractivity contribution in [1.82, 2.24) is 10.4 Å². The quantitative estimate of drug-likeness (QED) is 0.725. The molecule has 0 saturated heterocycles. The number of aryl methyl sites for hydroxylation is 1. The van der Waals surface area contributed by atoms with Crippen LogP contribution in [0.3, 0.4) is 0 Å². The van der Waals surface area contributed by atoms with E-state index in [1.54, 1.807) is 31.4 Å². The van der Waals surface area contributed by atoms with Crippen molar-refractivity contribution in [1.29, 1.82) is 0 Å². The largest absolute Gasteiger partial charge is 0.497 e. The maximum absolute atomic E-state index is 12.1. The summed E-state index contributed by atoms with van der Waals surface area (Å²) in [6.07, 6.45) is 0. The molecule has 3 aromatic rings. The summed E-state index contributed by atoms with van der Waals surface area (Å²) in [5.74, 6) is 0.491. The van der Waals surface area contributed by atoms with Crippen LogP contribution in [0.4, 0.5) is 5.13 Å². The molecule has 0 saturated carbocycles. The molecule has 1 amide bonds. The molecule has 2 N–H and O–H groups in total. The van der Waals surface area contributed by atoms with E-state index in [-0.39, 0.29) is 5.91 Å². The number of nitrogens with zero attached hydrogens (tertiary/aromatic N) is 1. The number of para-hydroxylation sites is 1. The van der Waals surface area contributed by atoms with E-state index >= 15 is 0 Å². The Morgan fingerprint density at radius 3 is 2.64 bits per heavy atom. The Labute approximate surface area is 131 Å². The number of nitrogens with one attached hydrogen (secondary N) is 2. The Kier molecular flexibility index (Phi) is 3.93. The normalized spacial score (nSPS) is 10.5. The number of fused-ring (bicyclic) bond motifs is 1. The molecular formula is C16H15N3O2S. The Morgan fingerprint density at radius 1 is 1.18 bits per heavy atom. The highest BCUT2D eigenvalue weighted by molar-refractivity contribution is 7.22. The zero-order valence-electron chi connectivity index (χ0n) is 12.2. The SMILES string of the molecule is COc1ccc(C(=O)NNc2nc3c(C)cccc3s2)cc1. The number of hydrogen-bond donors (Lipinski definition) is 2. The van der Waals surface area contributed by atoms with Gasteiger partial charge in [0.1, 0.15) is 5.75 Å². The van der Waals surface area contributed by atoms with Gasteiger partial charge in [-0.15, -0.1) is 0 Å². The minimum atomic E-state index is -0.223. The minimum Gasteiger partial charge on any atom is -0.497 e. The number of aromatic nitrogens is 1. The fourth-order valence-corrected chi connectivity index (χ4v) is 2.96. The Hall–Kier alpha value is -2.60. The monoisotopic (exact) mass is 313 g/mol. The van der Waals surface area contributed by atoms with Crippen LogP contribution in [0, 0.1) is 6.92 Å². The van der Waals surface area contributed by atoms with Crippen LogP contribution in [0.15, 0.2) is 42.5 Å². The van der Waals surface area contributed by atoms with Gasteiger partial charge >= 0.3 is 0 Å². The van der Waals surface area contributed by atoms with Crippen LogP contribution in [-0.2, 0) is 0 Å². The molecule has 0 spiro atoms. The van der Waals surface area contributed by atoms with Gasteiger partial charge in [0.05, 0.1) is 17.3 Å². The second-order valence-corrected chi connectivity index (χ2v) is 5.78. The summed E-state index contributed by atoms with van der Waals surface area (Å²) in [5, 5.41) is 0.658. The van der Waals surface area contributed by atoms with E-state index in [1.165, 1.54) is 11.3 Å². The molecule has 5 nitrogen and oxygen atoms in total. The van der Waals surface area contributed by atoms with Crippen molar-refractivity contribution in [2.75, 3.05) is 12.5 Å². The minimum absolute atomic E-state index is 0.223. The van der Waals surface area contributed by atoms with Crippen molar-refractivity contribution in [2.24, 2.45) is 0 Å². The van der Waals surface area contributed by atoms with Crippen LogP contribution in [0.1, 0.15) is 15.9 Å². The standard InChI is InChI=1S/C16H15N3O2S/c1-10-4-3-5-13-14(10)17-16(22-13)19-18-15(20)11-6-8-12(21-2)9-7-11/h3-9H,1-2H3,(H,17,19)(H,18,20). The topological polar surface area (TPSA) is 63.2 Å². The molecule has 2 aromatic carbocycles. The van der Waals surface area contributed by atoms with Gasteiger partial charge < -0.3 is 4.74 Å². The molecule has 3 rings (SSSR count). The molecular weight excluding hydrogens is 298 g/mol. The number of thiazole rings is 1. The van der Waals surface area contributed by atoms with E-state index in [9.17, 15) is 4.79 Å². The number of anilines is 1. The average Bonchev–Trinajstić information content (AvgIpc) is 2.97. The molecule has 0 aliphatic heterocycles. The summed E-state index contributed by atoms with van der Waals surface area (Å²) in [6, 6.07) is 12.9. The summed E-state index contributed by atoms with van der Waals surface area (Å²) >= 11 is 1.50. The van der Waals surface area contributed by atoms with Crippen molar-refractivity contribution in [3.63, 3.8) is 0 Å². The second-order valence-electron chi connectivity index (χ2n) is 4.75. The average molecular weight is 313 g/mol. The van der Waals surface area contributed by atoms with E-state index in [0.29, 0.717) is 16.4 Å². The van der Waals surface area contributed by atoms with Crippen LogP contribution in [0.2, 0.25) is 0 Å². The van der Waals surface area contributed by atoms with Gasteiger partial charge in [-0.25, -0.2) is 4.98 Å². The Morgan fingerprint density at radius 2 is 1.95 bits per heavy atom. The molecule has 1 heterocycles. The lowest BCUT2D eigenvalue weighted by atomic mass is 10.2. The van der Waals surface area contributed by atoms with Crippen molar-refractivity contribution < 1.29 is 9.53 Å². The highest BCUT2D eigenvalue weighted by atomic mass is 32.1. The van der Waals surface area contributed by atoms with Gasteiger partial charge in [-0.2, -0.15) is 0 Å². The number of amides is 1. The summed E-state index contributed by atoms with van der Waals surface area (Å²) in [7, 11) is 1.59. The molecule has 0 aliphatic carbocycles. The molecule has 0 radical (unpaired) electrons. The maximum Gasteiger partial charge on any atom is 0.269 e. The van der Waals surface area contributed by atoms with Crippen molar-refractivity contribution in [2.45, 2.75) is 6.92 Å². The first-order chi connectivity index (χ1) is 10.7. The lowest BCUT2D eigenvalue weighted by Gasteiger charge is -2.06. The lowest BCUT2D eigenvalue weighted by Crippen LogP contribution is -2.29. The summed E-state index contributed by atoms with van der Waals surface area (Å²) in [6.45, 7) is 2.02. The highest BCUT2D eigenvalue weighted by Crippen LogP contribution is 2.27. The molecule has 0 aliphatic rings. The highest BCUT2D eigenvalue weighted by Gasteiger charge is 2.08. The predicted octanol–water partition coefficient (Wildman–Crippen LogP) is 3.37. The lowest BCUT2D eigenvalue weighted by molar-refractivity contribution is 0.0962. The number of carbonyl (C=O) groups is 1. The molecule has 112 valence electrons. The van der Waals surface area contributed by atoms with E-state index < -0.39 is 0 Å². The second kappa shape index (κ2) is 6.03. The number of hydrazine groups is 1. The van der Waals surface area contributed by atoms with Crippen LogP contribution in [0.25, 0.3) is 10.2 Å². The van der Waals surface area contributed by atoms with E-state index in [1.807, 2.05) is 25.1 Å². The van der Waals surface area contributed by atoms with Crippen molar-refractivity contribution in [3.05, 3.63) is 53.6 Å². The third-order valence-electron chi connectivity index (χ3n) is 3.26. The molecule has 0 fully saturated rings. The molecule has 6 heteroatoms. The first-order valence-corrected chi connectivity index (χ1v) is 7.55. The molecule has 0 atom stereocenters. The summed E-state index contributed by atoms with van der Waals surface area (Å²) in [5.41, 5.74) is 8.13. The first kappa shape index (κ1) is 14.3. The number of ether oxygens (including phenoxy) is 1. The molecule has 22 heavy (non-hydrogen) atoms. The number of hydrogen-bond acceptors (Lipinski definition) is 5.